The molecule has 7 heteroatoms. The maximum Gasteiger partial charge on any atom is 0.340 e. The van der Waals surface area contributed by atoms with Gasteiger partial charge in [0.05, 0.1) is 13.2 Å². The van der Waals surface area contributed by atoms with Crippen LogP contribution in [0.25, 0.3) is 0 Å². The van der Waals surface area contributed by atoms with Crippen LogP contribution < -0.4 is 5.32 Å². The summed E-state index contributed by atoms with van der Waals surface area (Å²) in [6.45, 7) is 3.89. The predicted molar refractivity (Wildman–Crippen MR) is 66.3 cm³/mol. The number of nitrogens with one attached hydrogen (secondary N) is 1. The number of methoxy groups -OCH3 is 1. The monoisotopic (exact) mass is 275 g/mol. The number of carbonyl (C=O) groups is 3. The normalized spacial score (nSPS) is 10.1. The van der Waals surface area contributed by atoms with Crippen molar-refractivity contribution in [1.29, 1.82) is 0 Å². The molecule has 1 N–H and O–H groups in total. The molecule has 1 amide bonds. The third-order valence-electron chi connectivity index (χ3n) is 2.10. The standard InChI is InChI=1S/C12H21NO6/c1-4-18-11(15)10(12(16)19-5-2)13-9(14)7-6-8-17-3/h10H,4-8H2,1-3H3,(H,13,14). The molecule has 0 aliphatic heterocycles. The third-order valence-corrected chi connectivity index (χ3v) is 2.10. The van der Waals surface area contributed by atoms with Crippen LogP contribution in [0.2, 0.25) is 0 Å². The number of rotatable bonds is 9. The highest BCUT2D eigenvalue weighted by Gasteiger charge is 2.30. The summed E-state index contributed by atoms with van der Waals surface area (Å²) >= 11 is 0. The van der Waals surface area contributed by atoms with Crippen molar-refractivity contribution >= 4 is 17.8 Å². The van der Waals surface area contributed by atoms with Gasteiger partial charge in [-0.2, -0.15) is 0 Å². The Bertz CT molecular complexity index is 287. The van der Waals surface area contributed by atoms with Crippen LogP contribution in [0.3, 0.4) is 0 Å². The van der Waals surface area contributed by atoms with E-state index in [-0.39, 0.29) is 19.6 Å². The third kappa shape index (κ3) is 7.40. The molecule has 0 radical (unpaired) electrons. The van der Waals surface area contributed by atoms with Crippen molar-refractivity contribution in [3.05, 3.63) is 0 Å². The van der Waals surface area contributed by atoms with E-state index >= 15 is 0 Å². The molecular weight excluding hydrogens is 254 g/mol. The molecule has 0 fully saturated rings. The minimum Gasteiger partial charge on any atom is -0.464 e. The Balaban J connectivity index is 4.44. The van der Waals surface area contributed by atoms with Gasteiger partial charge in [-0.1, -0.05) is 0 Å². The van der Waals surface area contributed by atoms with Gasteiger partial charge in [-0.15, -0.1) is 0 Å². The Labute approximate surface area is 112 Å². The van der Waals surface area contributed by atoms with E-state index in [1.165, 1.54) is 7.11 Å². The predicted octanol–water partition coefficient (Wildman–Crippen LogP) is 0.0240. The van der Waals surface area contributed by atoms with E-state index in [0.717, 1.165) is 0 Å². The second kappa shape index (κ2) is 10.3. The highest BCUT2D eigenvalue weighted by atomic mass is 16.6. The quantitative estimate of drug-likeness (QED) is 0.362. The summed E-state index contributed by atoms with van der Waals surface area (Å²) in [5, 5.41) is 2.30. The summed E-state index contributed by atoms with van der Waals surface area (Å²) in [4.78, 5) is 34.7. The SMILES string of the molecule is CCOC(=O)C(NC(=O)CCCOC)C(=O)OCC. The second-order valence-corrected chi connectivity index (χ2v) is 3.60. The van der Waals surface area contributed by atoms with E-state index in [9.17, 15) is 14.4 Å². The molecule has 0 saturated heterocycles. The first-order valence-electron chi connectivity index (χ1n) is 6.18. The number of esters is 2. The fourth-order valence-corrected chi connectivity index (χ4v) is 1.28. The average Bonchev–Trinajstić information content (AvgIpc) is 2.36. The summed E-state index contributed by atoms with van der Waals surface area (Å²) in [7, 11) is 1.53. The van der Waals surface area contributed by atoms with Gasteiger partial charge in [0.1, 0.15) is 0 Å². The van der Waals surface area contributed by atoms with Crippen LogP contribution in [0.1, 0.15) is 26.7 Å². The maximum absolute atomic E-state index is 11.6. The summed E-state index contributed by atoms with van der Waals surface area (Å²) in [5.74, 6) is -2.06. The van der Waals surface area contributed by atoms with Gasteiger partial charge in [-0.25, -0.2) is 9.59 Å². The van der Waals surface area contributed by atoms with E-state index in [1.807, 2.05) is 0 Å². The summed E-state index contributed by atoms with van der Waals surface area (Å²) in [5.41, 5.74) is 0. The first kappa shape index (κ1) is 17.4. The number of amides is 1. The van der Waals surface area contributed by atoms with Crippen LogP contribution >= 0.6 is 0 Å². The second-order valence-electron chi connectivity index (χ2n) is 3.60. The highest BCUT2D eigenvalue weighted by Crippen LogP contribution is 1.97. The van der Waals surface area contributed by atoms with Crippen molar-refractivity contribution < 1.29 is 28.6 Å². The van der Waals surface area contributed by atoms with E-state index in [1.54, 1.807) is 13.8 Å². The lowest BCUT2D eigenvalue weighted by molar-refractivity contribution is -0.159. The molecule has 0 saturated carbocycles. The largest absolute Gasteiger partial charge is 0.464 e. The fraction of sp³-hybridized carbons (Fsp3) is 0.750. The molecule has 0 aromatic heterocycles. The number of carbonyl (C=O) groups excluding carboxylic acids is 3. The molecule has 7 nitrogen and oxygen atoms in total. The fourth-order valence-electron chi connectivity index (χ4n) is 1.28. The van der Waals surface area contributed by atoms with Crippen molar-refractivity contribution in [2.24, 2.45) is 0 Å². The Hall–Kier alpha value is -1.63. The molecule has 0 bridgehead atoms. The summed E-state index contributed by atoms with van der Waals surface area (Å²) in [6.07, 6.45) is 0.657. The minimum absolute atomic E-state index is 0.119. The van der Waals surface area contributed by atoms with Gasteiger partial charge in [-0.05, 0) is 20.3 Å². The van der Waals surface area contributed by atoms with Gasteiger partial charge >= 0.3 is 11.9 Å². The Morgan fingerprint density at radius 1 is 1.05 bits per heavy atom. The molecule has 0 aliphatic rings. The van der Waals surface area contributed by atoms with Crippen molar-refractivity contribution in [2.75, 3.05) is 26.9 Å². The van der Waals surface area contributed by atoms with Gasteiger partial charge in [-0.3, -0.25) is 4.79 Å². The Morgan fingerprint density at radius 3 is 2.00 bits per heavy atom. The van der Waals surface area contributed by atoms with Gasteiger partial charge in [0, 0.05) is 20.1 Å². The zero-order valence-corrected chi connectivity index (χ0v) is 11.6. The minimum atomic E-state index is -1.41. The first-order chi connectivity index (χ1) is 9.06. The molecule has 0 unspecified atom stereocenters. The first-order valence-corrected chi connectivity index (χ1v) is 6.18. The van der Waals surface area contributed by atoms with Crippen molar-refractivity contribution in [3.8, 4) is 0 Å². The number of ether oxygens (including phenoxy) is 3. The van der Waals surface area contributed by atoms with Gasteiger partial charge in [0.15, 0.2) is 0 Å². The van der Waals surface area contributed by atoms with Crippen LogP contribution in [-0.4, -0.2) is 50.8 Å². The Kier molecular flexibility index (Phi) is 9.42. The molecule has 0 aliphatic carbocycles. The zero-order valence-electron chi connectivity index (χ0n) is 11.6. The highest BCUT2D eigenvalue weighted by molar-refractivity contribution is 6.02. The van der Waals surface area contributed by atoms with Gasteiger partial charge in [0.25, 0.3) is 0 Å². The molecule has 0 aromatic carbocycles. The van der Waals surface area contributed by atoms with E-state index in [4.69, 9.17) is 14.2 Å². The average molecular weight is 275 g/mol. The molecule has 0 spiro atoms. The van der Waals surface area contributed by atoms with E-state index in [0.29, 0.717) is 13.0 Å². The lowest BCUT2D eigenvalue weighted by Crippen LogP contribution is -2.48. The molecule has 110 valence electrons. The Morgan fingerprint density at radius 2 is 1.58 bits per heavy atom. The van der Waals surface area contributed by atoms with Gasteiger partial charge in [0.2, 0.25) is 11.9 Å². The lowest BCUT2D eigenvalue weighted by Gasteiger charge is -2.15. The lowest BCUT2D eigenvalue weighted by atomic mass is 10.2. The van der Waals surface area contributed by atoms with Crippen molar-refractivity contribution in [3.63, 3.8) is 0 Å². The maximum atomic E-state index is 11.6. The van der Waals surface area contributed by atoms with E-state index in [2.05, 4.69) is 5.32 Å². The van der Waals surface area contributed by atoms with Crippen LogP contribution in [-0.2, 0) is 28.6 Å². The van der Waals surface area contributed by atoms with Crippen LogP contribution in [0.5, 0.6) is 0 Å². The summed E-state index contributed by atoms with van der Waals surface area (Å²) in [6, 6.07) is -1.41. The van der Waals surface area contributed by atoms with Gasteiger partial charge < -0.3 is 19.5 Å². The van der Waals surface area contributed by atoms with Crippen molar-refractivity contribution in [2.45, 2.75) is 32.7 Å². The molecule has 0 rings (SSSR count). The number of hydrogen-bond donors (Lipinski definition) is 1. The van der Waals surface area contributed by atoms with E-state index < -0.39 is 23.9 Å². The molecule has 19 heavy (non-hydrogen) atoms. The molecule has 0 atom stereocenters. The molecular formula is C12H21NO6. The van der Waals surface area contributed by atoms with Crippen LogP contribution in [0, 0.1) is 0 Å². The zero-order chi connectivity index (χ0) is 14.7. The molecule has 0 heterocycles. The topological polar surface area (TPSA) is 90.9 Å². The smallest absolute Gasteiger partial charge is 0.340 e. The summed E-state index contributed by atoms with van der Waals surface area (Å²) < 4.78 is 14.2. The molecule has 0 aromatic rings. The van der Waals surface area contributed by atoms with Crippen LogP contribution in [0.4, 0.5) is 0 Å². The van der Waals surface area contributed by atoms with Crippen molar-refractivity contribution in [1.82, 2.24) is 5.32 Å². The number of hydrogen-bond acceptors (Lipinski definition) is 6. The van der Waals surface area contributed by atoms with Crippen LogP contribution in [0.15, 0.2) is 0 Å².